The van der Waals surface area contributed by atoms with Crippen molar-refractivity contribution in [3.63, 3.8) is 0 Å². The molecular formula is C17H26N4OS. The average Bonchev–Trinajstić information content (AvgIpc) is 3.21. The molecule has 6 heteroatoms. The normalized spacial score (nSPS) is 16.0. The molecule has 2 aromatic rings. The van der Waals surface area contributed by atoms with Crippen LogP contribution in [-0.4, -0.2) is 40.1 Å². The van der Waals surface area contributed by atoms with Gasteiger partial charge < -0.3 is 4.52 Å². The lowest BCUT2D eigenvalue weighted by Gasteiger charge is -2.13. The Morgan fingerprint density at radius 2 is 2.09 bits per heavy atom. The van der Waals surface area contributed by atoms with Gasteiger partial charge in [0.2, 0.25) is 5.89 Å². The Morgan fingerprint density at radius 1 is 1.30 bits per heavy atom. The Bertz CT molecular complexity index is 616. The largest absolute Gasteiger partial charge is 0.338 e. The van der Waals surface area contributed by atoms with Gasteiger partial charge in [-0.25, -0.2) is 0 Å². The van der Waals surface area contributed by atoms with Crippen LogP contribution in [0.5, 0.6) is 0 Å². The summed E-state index contributed by atoms with van der Waals surface area (Å²) in [5.41, 5.74) is 1.44. The first-order valence-corrected chi connectivity index (χ1v) is 9.28. The zero-order chi connectivity index (χ0) is 16.2. The van der Waals surface area contributed by atoms with Crippen LogP contribution < -0.4 is 0 Å². The maximum atomic E-state index is 5.32. The topological polar surface area (TPSA) is 45.4 Å². The Balaban J connectivity index is 1.50. The third kappa shape index (κ3) is 4.62. The number of likely N-dealkylation sites (tertiary alicyclic amines) is 1. The van der Waals surface area contributed by atoms with E-state index in [1.807, 2.05) is 11.3 Å². The van der Waals surface area contributed by atoms with Crippen molar-refractivity contribution in [3.8, 4) is 0 Å². The zero-order valence-electron chi connectivity index (χ0n) is 14.3. The van der Waals surface area contributed by atoms with E-state index in [1.165, 1.54) is 36.4 Å². The van der Waals surface area contributed by atoms with E-state index >= 15 is 0 Å². The summed E-state index contributed by atoms with van der Waals surface area (Å²) in [5, 5.41) is 6.32. The van der Waals surface area contributed by atoms with Gasteiger partial charge in [-0.3, -0.25) is 9.80 Å². The molecule has 0 atom stereocenters. The summed E-state index contributed by atoms with van der Waals surface area (Å²) >= 11 is 1.85. The van der Waals surface area contributed by atoms with Gasteiger partial charge in [-0.2, -0.15) is 4.98 Å². The van der Waals surface area contributed by atoms with Gasteiger partial charge >= 0.3 is 0 Å². The second kappa shape index (κ2) is 7.55. The Kier molecular flexibility index (Phi) is 5.46. The van der Waals surface area contributed by atoms with Crippen molar-refractivity contribution in [1.29, 1.82) is 0 Å². The summed E-state index contributed by atoms with van der Waals surface area (Å²) in [4.78, 5) is 10.6. The molecule has 0 aliphatic carbocycles. The van der Waals surface area contributed by atoms with Crippen LogP contribution in [0.1, 0.15) is 54.8 Å². The lowest BCUT2D eigenvalue weighted by Crippen LogP contribution is -2.18. The van der Waals surface area contributed by atoms with Crippen LogP contribution in [0, 0.1) is 0 Å². The summed E-state index contributed by atoms with van der Waals surface area (Å²) in [6, 6.07) is 2.34. The predicted octanol–water partition coefficient (Wildman–Crippen LogP) is 3.48. The fourth-order valence-corrected chi connectivity index (χ4v) is 3.87. The molecule has 0 saturated carbocycles. The van der Waals surface area contributed by atoms with Gasteiger partial charge in [0.1, 0.15) is 0 Å². The second-order valence-electron chi connectivity index (χ2n) is 6.78. The Morgan fingerprint density at radius 3 is 2.78 bits per heavy atom. The number of rotatable bonds is 7. The molecule has 0 unspecified atom stereocenters. The molecule has 1 aliphatic heterocycles. The molecule has 2 aromatic heterocycles. The molecule has 0 aromatic carbocycles. The fourth-order valence-electron chi connectivity index (χ4n) is 2.91. The van der Waals surface area contributed by atoms with Crippen molar-refractivity contribution in [3.05, 3.63) is 33.6 Å². The second-order valence-corrected chi connectivity index (χ2v) is 7.77. The highest BCUT2D eigenvalue weighted by Crippen LogP contribution is 2.20. The molecule has 23 heavy (non-hydrogen) atoms. The third-order valence-corrected chi connectivity index (χ3v) is 5.11. The van der Waals surface area contributed by atoms with Gasteiger partial charge in [-0.15, -0.1) is 11.3 Å². The van der Waals surface area contributed by atoms with E-state index in [0.717, 1.165) is 18.9 Å². The smallest absolute Gasteiger partial charge is 0.240 e. The lowest BCUT2D eigenvalue weighted by atomic mass is 10.2. The molecule has 0 bridgehead atoms. The molecule has 0 amide bonds. The van der Waals surface area contributed by atoms with Crippen LogP contribution in [0.2, 0.25) is 0 Å². The van der Waals surface area contributed by atoms with Gasteiger partial charge in [0.05, 0.1) is 6.54 Å². The van der Waals surface area contributed by atoms with E-state index in [0.29, 0.717) is 18.4 Å². The summed E-state index contributed by atoms with van der Waals surface area (Å²) in [5.74, 6) is 1.80. The Hall–Kier alpha value is -1.24. The molecule has 1 saturated heterocycles. The maximum absolute atomic E-state index is 5.32. The van der Waals surface area contributed by atoms with E-state index in [1.54, 1.807) is 0 Å². The molecular weight excluding hydrogens is 308 g/mol. The van der Waals surface area contributed by atoms with E-state index in [-0.39, 0.29) is 0 Å². The van der Waals surface area contributed by atoms with Crippen LogP contribution in [0.15, 0.2) is 16.0 Å². The number of aromatic nitrogens is 2. The first-order chi connectivity index (χ1) is 11.1. The van der Waals surface area contributed by atoms with Crippen LogP contribution in [0.3, 0.4) is 0 Å². The SMILES string of the molecule is CC(C)c1noc(CN(C)Cc2cc(CN3CCCC3)cs2)n1. The predicted molar refractivity (Wildman–Crippen MR) is 92.4 cm³/mol. The van der Waals surface area contributed by atoms with Gasteiger partial charge in [0.15, 0.2) is 5.82 Å². The van der Waals surface area contributed by atoms with E-state index in [4.69, 9.17) is 4.52 Å². The highest BCUT2D eigenvalue weighted by molar-refractivity contribution is 7.10. The molecule has 3 rings (SSSR count). The maximum Gasteiger partial charge on any atom is 0.240 e. The zero-order valence-corrected chi connectivity index (χ0v) is 15.1. The third-order valence-electron chi connectivity index (χ3n) is 4.14. The summed E-state index contributed by atoms with van der Waals surface area (Å²) in [6.45, 7) is 9.36. The van der Waals surface area contributed by atoms with Gasteiger partial charge in [0.25, 0.3) is 0 Å². The highest BCUT2D eigenvalue weighted by Gasteiger charge is 2.14. The van der Waals surface area contributed by atoms with Crippen molar-refractivity contribution in [2.45, 2.75) is 52.2 Å². The monoisotopic (exact) mass is 334 g/mol. The summed E-state index contributed by atoms with van der Waals surface area (Å²) in [7, 11) is 2.10. The molecule has 3 heterocycles. The van der Waals surface area contributed by atoms with Gasteiger partial charge in [0, 0.05) is 23.9 Å². The minimum atomic E-state index is 0.309. The number of hydrogen-bond donors (Lipinski definition) is 0. The van der Waals surface area contributed by atoms with Crippen molar-refractivity contribution >= 4 is 11.3 Å². The van der Waals surface area contributed by atoms with Crippen LogP contribution in [-0.2, 0) is 19.6 Å². The quantitative estimate of drug-likeness (QED) is 0.776. The Labute approximate surface area is 142 Å². The lowest BCUT2D eigenvalue weighted by molar-refractivity contribution is 0.261. The standard InChI is InChI=1S/C17H26N4OS/c1-13(2)17-18-16(22-19-17)11-20(3)10-15-8-14(12-23-15)9-21-6-4-5-7-21/h8,12-13H,4-7,9-11H2,1-3H3. The summed E-state index contributed by atoms with van der Waals surface area (Å²) in [6.07, 6.45) is 2.70. The molecule has 5 nitrogen and oxygen atoms in total. The van der Waals surface area contributed by atoms with Crippen LogP contribution >= 0.6 is 11.3 Å². The first kappa shape index (κ1) is 16.6. The molecule has 0 N–H and O–H groups in total. The van der Waals surface area contributed by atoms with E-state index in [9.17, 15) is 0 Å². The average molecular weight is 334 g/mol. The van der Waals surface area contributed by atoms with Gasteiger partial charge in [-0.05, 0) is 50.0 Å². The fraction of sp³-hybridized carbons (Fsp3) is 0.647. The minimum Gasteiger partial charge on any atom is -0.338 e. The molecule has 0 spiro atoms. The van der Waals surface area contributed by atoms with Gasteiger partial charge in [-0.1, -0.05) is 19.0 Å². The number of thiophene rings is 1. The molecule has 1 aliphatic rings. The minimum absolute atomic E-state index is 0.309. The van der Waals surface area contributed by atoms with Crippen molar-refractivity contribution in [2.75, 3.05) is 20.1 Å². The van der Waals surface area contributed by atoms with Crippen LogP contribution in [0.4, 0.5) is 0 Å². The molecule has 126 valence electrons. The number of hydrogen-bond acceptors (Lipinski definition) is 6. The number of nitrogens with zero attached hydrogens (tertiary/aromatic N) is 4. The van der Waals surface area contributed by atoms with Crippen molar-refractivity contribution < 1.29 is 4.52 Å². The highest BCUT2D eigenvalue weighted by atomic mass is 32.1. The van der Waals surface area contributed by atoms with Crippen molar-refractivity contribution in [2.24, 2.45) is 0 Å². The van der Waals surface area contributed by atoms with E-state index in [2.05, 4.69) is 52.3 Å². The summed E-state index contributed by atoms with van der Waals surface area (Å²) < 4.78 is 5.32. The molecule has 1 fully saturated rings. The van der Waals surface area contributed by atoms with E-state index < -0.39 is 0 Å². The van der Waals surface area contributed by atoms with Crippen molar-refractivity contribution in [1.82, 2.24) is 19.9 Å². The molecule has 0 radical (unpaired) electrons. The first-order valence-electron chi connectivity index (χ1n) is 8.40. The van der Waals surface area contributed by atoms with Crippen LogP contribution in [0.25, 0.3) is 0 Å².